The Hall–Kier alpha value is 0.310. The van der Waals surface area contributed by atoms with Crippen LogP contribution in [0.3, 0.4) is 0 Å². The minimum Gasteiger partial charge on any atom is -0.385 e. The van der Waals surface area contributed by atoms with Crippen LogP contribution in [-0.2, 0) is 4.52 Å². The molecule has 0 aromatic heterocycles. The molecule has 3 unspecified atom stereocenters. The van der Waals surface area contributed by atoms with Gasteiger partial charge in [-0.2, -0.15) is 0 Å². The standard InChI is InChI=1S/C5H10NO2P/c7-5-3-4-1-2-6-9(5)8-4/h4-7H,1-3H2. The van der Waals surface area contributed by atoms with Gasteiger partial charge in [-0.05, 0) is 6.42 Å². The molecule has 3 atom stereocenters. The summed E-state index contributed by atoms with van der Waals surface area (Å²) in [6.07, 6.45) is 2.27. The van der Waals surface area contributed by atoms with Gasteiger partial charge < -0.3 is 9.63 Å². The number of aliphatic hydroxyl groups excluding tert-OH is 1. The van der Waals surface area contributed by atoms with Gasteiger partial charge in [0.05, 0.1) is 6.10 Å². The van der Waals surface area contributed by atoms with Crippen LogP contribution in [0.1, 0.15) is 12.8 Å². The van der Waals surface area contributed by atoms with Crippen molar-refractivity contribution in [1.82, 2.24) is 5.09 Å². The fourth-order valence-electron chi connectivity index (χ4n) is 1.25. The lowest BCUT2D eigenvalue weighted by molar-refractivity contribution is 0.198. The zero-order chi connectivity index (χ0) is 6.27. The minimum atomic E-state index is -0.651. The highest BCUT2D eigenvalue weighted by atomic mass is 31.2. The van der Waals surface area contributed by atoms with E-state index in [1.807, 2.05) is 0 Å². The molecule has 0 radical (unpaired) electrons. The van der Waals surface area contributed by atoms with Crippen LogP contribution >= 0.6 is 8.30 Å². The van der Waals surface area contributed by atoms with Crippen molar-refractivity contribution in [3.05, 3.63) is 0 Å². The molecular weight excluding hydrogens is 137 g/mol. The average molecular weight is 147 g/mol. The third kappa shape index (κ3) is 0.987. The lowest BCUT2D eigenvalue weighted by atomic mass is 10.2. The Balaban J connectivity index is 2.07. The van der Waals surface area contributed by atoms with Crippen LogP contribution in [0, 0.1) is 0 Å². The van der Waals surface area contributed by atoms with Gasteiger partial charge in [-0.1, -0.05) is 0 Å². The van der Waals surface area contributed by atoms with Crippen molar-refractivity contribution in [2.45, 2.75) is 24.8 Å². The number of rotatable bonds is 0. The highest BCUT2D eigenvalue weighted by Crippen LogP contribution is 2.50. The van der Waals surface area contributed by atoms with Gasteiger partial charge in [0.15, 0.2) is 0 Å². The summed E-state index contributed by atoms with van der Waals surface area (Å²) in [7, 11) is -0.651. The Kier molecular flexibility index (Phi) is 1.46. The summed E-state index contributed by atoms with van der Waals surface area (Å²) >= 11 is 0. The van der Waals surface area contributed by atoms with Crippen molar-refractivity contribution in [2.24, 2.45) is 0 Å². The normalized spacial score (nSPS) is 49.7. The van der Waals surface area contributed by atoms with E-state index in [4.69, 9.17) is 4.52 Å². The molecule has 2 N–H and O–H groups in total. The number of nitrogens with one attached hydrogen (secondary N) is 1. The molecule has 0 aliphatic carbocycles. The smallest absolute Gasteiger partial charge is 0.131 e. The lowest BCUT2D eigenvalue weighted by Gasteiger charge is -2.20. The van der Waals surface area contributed by atoms with Gasteiger partial charge in [0, 0.05) is 13.0 Å². The summed E-state index contributed by atoms with van der Waals surface area (Å²) in [5.74, 6) is -0.201. The molecule has 2 aliphatic rings. The predicted octanol–water partition coefficient (Wildman–Crippen LogP) is 0.399. The second-order valence-electron chi connectivity index (χ2n) is 2.47. The molecule has 4 heteroatoms. The largest absolute Gasteiger partial charge is 0.385 e. The minimum absolute atomic E-state index is 0.201. The van der Waals surface area contributed by atoms with Crippen LogP contribution in [-0.4, -0.2) is 23.6 Å². The van der Waals surface area contributed by atoms with E-state index < -0.39 is 8.30 Å². The lowest BCUT2D eigenvalue weighted by Crippen LogP contribution is -2.20. The molecule has 2 rings (SSSR count). The summed E-state index contributed by atoms with van der Waals surface area (Å²) in [4.78, 5) is 0. The molecule has 2 saturated heterocycles. The molecule has 3 nitrogen and oxygen atoms in total. The molecule has 52 valence electrons. The SMILES string of the molecule is OC1CC2CCNP1O2. The molecule has 2 heterocycles. The summed E-state index contributed by atoms with van der Waals surface area (Å²) in [6, 6.07) is 0. The number of hydrogen-bond acceptors (Lipinski definition) is 3. The number of hydrogen-bond donors (Lipinski definition) is 2. The second kappa shape index (κ2) is 2.17. The summed E-state index contributed by atoms with van der Waals surface area (Å²) in [6.45, 7) is 1.02. The zero-order valence-electron chi connectivity index (χ0n) is 5.08. The Morgan fingerprint density at radius 1 is 1.67 bits per heavy atom. The summed E-state index contributed by atoms with van der Waals surface area (Å²) in [5, 5.41) is 12.4. The van der Waals surface area contributed by atoms with E-state index in [9.17, 15) is 5.11 Å². The van der Waals surface area contributed by atoms with E-state index >= 15 is 0 Å². The molecule has 2 aliphatic heterocycles. The first-order chi connectivity index (χ1) is 4.36. The van der Waals surface area contributed by atoms with E-state index in [-0.39, 0.29) is 5.85 Å². The predicted molar refractivity (Wildman–Crippen MR) is 35.0 cm³/mol. The highest BCUT2D eigenvalue weighted by Gasteiger charge is 2.37. The summed E-state index contributed by atoms with van der Waals surface area (Å²) < 4.78 is 5.41. The fraction of sp³-hybridized carbons (Fsp3) is 1.00. The van der Waals surface area contributed by atoms with Crippen LogP contribution in [0.25, 0.3) is 0 Å². The first kappa shape index (κ1) is 6.05. The van der Waals surface area contributed by atoms with Crippen LogP contribution in [0.5, 0.6) is 0 Å². The van der Waals surface area contributed by atoms with Crippen molar-refractivity contribution < 1.29 is 9.63 Å². The summed E-state index contributed by atoms with van der Waals surface area (Å²) in [5.41, 5.74) is 0. The molecule has 0 amide bonds. The molecule has 0 saturated carbocycles. The first-order valence-electron chi connectivity index (χ1n) is 3.24. The van der Waals surface area contributed by atoms with Crippen molar-refractivity contribution >= 4 is 8.30 Å². The van der Waals surface area contributed by atoms with E-state index in [1.165, 1.54) is 0 Å². The van der Waals surface area contributed by atoms with Gasteiger partial charge in [0.25, 0.3) is 0 Å². The van der Waals surface area contributed by atoms with Crippen LogP contribution in [0.2, 0.25) is 0 Å². The van der Waals surface area contributed by atoms with Gasteiger partial charge in [-0.25, -0.2) is 0 Å². The van der Waals surface area contributed by atoms with Crippen molar-refractivity contribution in [3.8, 4) is 0 Å². The number of aliphatic hydroxyl groups is 1. The first-order valence-corrected chi connectivity index (χ1v) is 4.57. The fourth-order valence-corrected chi connectivity index (χ4v) is 2.97. The maximum atomic E-state index is 9.24. The quantitative estimate of drug-likeness (QED) is 0.487. The monoisotopic (exact) mass is 147 g/mol. The Morgan fingerprint density at radius 3 is 3.22 bits per heavy atom. The second-order valence-corrected chi connectivity index (χ2v) is 4.24. The molecule has 0 aromatic rings. The van der Waals surface area contributed by atoms with Crippen molar-refractivity contribution in [1.29, 1.82) is 0 Å². The van der Waals surface area contributed by atoms with Crippen molar-refractivity contribution in [3.63, 3.8) is 0 Å². The average Bonchev–Trinajstić information content (AvgIpc) is 2.09. The van der Waals surface area contributed by atoms with Crippen molar-refractivity contribution in [2.75, 3.05) is 6.54 Å². The Bertz CT molecular complexity index is 120. The molecule has 2 fully saturated rings. The van der Waals surface area contributed by atoms with E-state index in [0.29, 0.717) is 6.10 Å². The van der Waals surface area contributed by atoms with E-state index in [0.717, 1.165) is 19.4 Å². The zero-order valence-corrected chi connectivity index (χ0v) is 5.97. The Morgan fingerprint density at radius 2 is 2.56 bits per heavy atom. The van der Waals surface area contributed by atoms with Gasteiger partial charge in [0.1, 0.15) is 14.1 Å². The maximum Gasteiger partial charge on any atom is 0.131 e. The van der Waals surface area contributed by atoms with Gasteiger partial charge in [-0.3, -0.25) is 5.09 Å². The molecule has 2 bridgehead atoms. The number of fused-ring (bicyclic) bond motifs is 2. The van der Waals surface area contributed by atoms with E-state index in [2.05, 4.69) is 5.09 Å². The third-order valence-corrected chi connectivity index (χ3v) is 3.55. The molecule has 0 spiro atoms. The van der Waals surface area contributed by atoms with Crippen LogP contribution < -0.4 is 5.09 Å². The molecular formula is C5H10NO2P. The van der Waals surface area contributed by atoms with Gasteiger partial charge >= 0.3 is 0 Å². The van der Waals surface area contributed by atoms with Crippen LogP contribution in [0.4, 0.5) is 0 Å². The maximum absolute atomic E-state index is 9.24. The van der Waals surface area contributed by atoms with Gasteiger partial charge in [-0.15, -0.1) is 0 Å². The third-order valence-electron chi connectivity index (χ3n) is 1.74. The Labute approximate surface area is 55.3 Å². The molecule has 9 heavy (non-hydrogen) atoms. The highest BCUT2D eigenvalue weighted by molar-refractivity contribution is 7.51. The van der Waals surface area contributed by atoms with E-state index in [1.54, 1.807) is 0 Å². The van der Waals surface area contributed by atoms with Crippen LogP contribution in [0.15, 0.2) is 0 Å². The topological polar surface area (TPSA) is 41.5 Å². The molecule has 0 aromatic carbocycles. The van der Waals surface area contributed by atoms with Gasteiger partial charge in [0.2, 0.25) is 0 Å².